The van der Waals surface area contributed by atoms with E-state index < -0.39 is 0 Å². The fourth-order valence-corrected chi connectivity index (χ4v) is 0.850. The van der Waals surface area contributed by atoms with Crippen LogP contribution in [0, 0.1) is 0 Å². The van der Waals surface area contributed by atoms with Gasteiger partial charge in [0, 0.05) is 5.33 Å². The van der Waals surface area contributed by atoms with Gasteiger partial charge in [-0.2, -0.15) is 0 Å². The van der Waals surface area contributed by atoms with Crippen molar-refractivity contribution in [1.29, 1.82) is 0 Å². The van der Waals surface area contributed by atoms with E-state index in [1.54, 1.807) is 11.8 Å². The molecule has 0 aliphatic heterocycles. The maximum atomic E-state index is 4.77. The van der Waals surface area contributed by atoms with E-state index in [0.29, 0.717) is 0 Å². The highest BCUT2D eigenvalue weighted by Gasteiger charge is 1.83. The van der Waals surface area contributed by atoms with Gasteiger partial charge in [-0.1, -0.05) is 28.1 Å². The van der Waals surface area contributed by atoms with Crippen LogP contribution in [0.2, 0.25) is 0 Å². The molecule has 36 valence electrons. The fourth-order valence-electron chi connectivity index (χ4n) is 0.0546. The molecule has 0 aromatic rings. The summed E-state index contributed by atoms with van der Waals surface area (Å²) in [7, 11) is 0. The minimum absolute atomic E-state index is 0.837. The molecule has 0 amide bonds. The van der Waals surface area contributed by atoms with Gasteiger partial charge in [0.1, 0.15) is 0 Å². The summed E-state index contributed by atoms with van der Waals surface area (Å²) in [4.78, 5) is 0. The Labute approximate surface area is 55.8 Å². The van der Waals surface area contributed by atoms with Gasteiger partial charge in [0.25, 0.3) is 0 Å². The van der Waals surface area contributed by atoms with E-state index >= 15 is 0 Å². The summed E-state index contributed by atoms with van der Waals surface area (Å²) in [6, 6.07) is 0. The molecule has 0 unspecified atom stereocenters. The molecule has 0 saturated heterocycles. The highest BCUT2D eigenvalue weighted by atomic mass is 79.9. The van der Waals surface area contributed by atoms with Gasteiger partial charge in [-0.25, -0.2) is 0 Å². The van der Waals surface area contributed by atoms with Crippen molar-refractivity contribution in [3.63, 3.8) is 0 Å². The largest absolute Gasteiger partial charge is 0.122 e. The Morgan fingerprint density at radius 2 is 2.50 bits per heavy atom. The Balaban J connectivity index is 2.99. The molecule has 0 radical (unpaired) electrons. The van der Waals surface area contributed by atoms with Gasteiger partial charge in [-0.15, -0.1) is 11.8 Å². The van der Waals surface area contributed by atoms with Crippen LogP contribution in [0.15, 0.2) is 0 Å². The number of rotatable bonds is 1. The van der Waals surface area contributed by atoms with Gasteiger partial charge < -0.3 is 0 Å². The molecule has 0 atom stereocenters. The van der Waals surface area contributed by atoms with E-state index in [2.05, 4.69) is 15.9 Å². The summed E-state index contributed by atoms with van der Waals surface area (Å²) in [5.41, 5.74) is 0. The Morgan fingerprint density at radius 1 is 2.00 bits per heavy atom. The van der Waals surface area contributed by atoms with Crippen molar-refractivity contribution in [3.8, 4) is 0 Å². The summed E-state index contributed by atoms with van der Waals surface area (Å²) < 4.78 is 1.01. The maximum absolute atomic E-state index is 4.77. The van der Waals surface area contributed by atoms with Gasteiger partial charge in [0.2, 0.25) is 0 Å². The van der Waals surface area contributed by atoms with Crippen molar-refractivity contribution in [3.05, 3.63) is 0 Å². The summed E-state index contributed by atoms with van der Waals surface area (Å²) in [5.74, 6) is 0. The third kappa shape index (κ3) is 3.12. The monoisotopic (exact) mass is 184 g/mol. The van der Waals surface area contributed by atoms with Gasteiger partial charge >= 0.3 is 0 Å². The van der Waals surface area contributed by atoms with Gasteiger partial charge in [-0.05, 0) is 6.26 Å². The average molecular weight is 185 g/mol. The van der Waals surface area contributed by atoms with Gasteiger partial charge in [0.15, 0.2) is 0 Å². The Morgan fingerprint density at radius 3 is 2.50 bits per heavy atom. The minimum Gasteiger partial charge on any atom is -0.122 e. The number of thiocarbonyl (C=S) groups is 1. The van der Waals surface area contributed by atoms with Crippen LogP contribution >= 0.6 is 39.9 Å². The zero-order chi connectivity index (χ0) is 4.99. The van der Waals surface area contributed by atoms with E-state index in [0.717, 1.165) is 9.53 Å². The first kappa shape index (κ1) is 6.92. The molecule has 3 heteroatoms. The second-order valence-electron chi connectivity index (χ2n) is 0.710. The van der Waals surface area contributed by atoms with E-state index in [9.17, 15) is 0 Å². The van der Waals surface area contributed by atoms with Crippen LogP contribution in [0.5, 0.6) is 0 Å². The maximum Gasteiger partial charge on any atom is 0.0581 e. The molecule has 0 aliphatic carbocycles. The lowest BCUT2D eigenvalue weighted by Crippen LogP contribution is -1.82. The normalized spacial score (nSPS) is 8.33. The number of halogens is 1. The third-order valence-electron chi connectivity index (χ3n) is 0.337. The van der Waals surface area contributed by atoms with E-state index in [-0.39, 0.29) is 0 Å². The summed E-state index contributed by atoms with van der Waals surface area (Å²) in [6.07, 6.45) is 1.98. The van der Waals surface area contributed by atoms with Crippen molar-refractivity contribution < 1.29 is 0 Å². The number of hydrogen-bond donors (Lipinski definition) is 0. The number of hydrogen-bond acceptors (Lipinski definition) is 2. The van der Waals surface area contributed by atoms with E-state index in [4.69, 9.17) is 12.2 Å². The molecule has 0 aliphatic rings. The number of thioether (sulfide) groups is 1. The van der Waals surface area contributed by atoms with Crippen molar-refractivity contribution >= 4 is 44.1 Å². The van der Waals surface area contributed by atoms with Crippen molar-refractivity contribution in [2.45, 2.75) is 0 Å². The van der Waals surface area contributed by atoms with Crippen molar-refractivity contribution in [2.24, 2.45) is 0 Å². The zero-order valence-electron chi connectivity index (χ0n) is 3.40. The van der Waals surface area contributed by atoms with Crippen LogP contribution in [-0.4, -0.2) is 15.8 Å². The highest BCUT2D eigenvalue weighted by Crippen LogP contribution is 1.99. The summed E-state index contributed by atoms with van der Waals surface area (Å²) >= 11 is 9.59. The van der Waals surface area contributed by atoms with Crippen molar-refractivity contribution in [1.82, 2.24) is 0 Å². The third-order valence-corrected chi connectivity index (χ3v) is 2.88. The van der Waals surface area contributed by atoms with Gasteiger partial charge in [-0.3, -0.25) is 0 Å². The van der Waals surface area contributed by atoms with Crippen LogP contribution in [0.25, 0.3) is 0 Å². The first-order valence-electron chi connectivity index (χ1n) is 1.44. The minimum atomic E-state index is 0.837. The first-order valence-corrected chi connectivity index (χ1v) is 4.19. The molecule has 0 bridgehead atoms. The van der Waals surface area contributed by atoms with Crippen molar-refractivity contribution in [2.75, 3.05) is 11.6 Å². The smallest absolute Gasteiger partial charge is 0.0581 e. The Kier molecular flexibility index (Phi) is 4.72. The molecule has 0 nitrogen and oxygen atoms in total. The number of alkyl halides is 1. The molecule has 0 aromatic heterocycles. The van der Waals surface area contributed by atoms with Crippen LogP contribution < -0.4 is 0 Å². The van der Waals surface area contributed by atoms with Crippen LogP contribution in [0.4, 0.5) is 0 Å². The quantitative estimate of drug-likeness (QED) is 0.453. The molecule has 0 fully saturated rings. The molecule has 0 rings (SSSR count). The fraction of sp³-hybridized carbons (Fsp3) is 0.667. The zero-order valence-corrected chi connectivity index (χ0v) is 6.62. The SMILES string of the molecule is CSC(=S)CBr. The lowest BCUT2D eigenvalue weighted by atomic mass is 11.0. The van der Waals surface area contributed by atoms with Crippen LogP contribution in [0.1, 0.15) is 0 Å². The molecular weight excluding hydrogens is 180 g/mol. The molecule has 0 aromatic carbocycles. The van der Waals surface area contributed by atoms with Crippen LogP contribution in [-0.2, 0) is 0 Å². The average Bonchev–Trinajstić information content (AvgIpc) is 1.65. The molecule has 6 heavy (non-hydrogen) atoms. The van der Waals surface area contributed by atoms with Gasteiger partial charge in [0.05, 0.1) is 4.20 Å². The van der Waals surface area contributed by atoms with Crippen LogP contribution in [0.3, 0.4) is 0 Å². The standard InChI is InChI=1S/C3H5BrS2/c1-6-3(5)2-4/h2H2,1H3. The van der Waals surface area contributed by atoms with E-state index in [1.165, 1.54) is 0 Å². The molecule has 0 N–H and O–H groups in total. The second-order valence-corrected chi connectivity index (χ2v) is 2.92. The Bertz CT molecular complexity index is 46.8. The highest BCUT2D eigenvalue weighted by molar-refractivity contribution is 9.09. The predicted molar refractivity (Wildman–Crippen MR) is 39.9 cm³/mol. The lowest BCUT2D eigenvalue weighted by molar-refractivity contribution is 2.20. The predicted octanol–water partition coefficient (Wildman–Crippen LogP) is 2.07. The topological polar surface area (TPSA) is 0 Å². The van der Waals surface area contributed by atoms with E-state index in [1.807, 2.05) is 6.26 Å². The first-order chi connectivity index (χ1) is 2.81. The summed E-state index contributed by atoms with van der Waals surface area (Å²) in [5, 5.41) is 0.837. The Hall–Kier alpha value is 0.920. The molecular formula is C3H5BrS2. The molecule has 0 saturated carbocycles. The lowest BCUT2D eigenvalue weighted by Gasteiger charge is -1.84. The summed E-state index contributed by atoms with van der Waals surface area (Å²) in [6.45, 7) is 0. The molecule has 0 heterocycles. The second kappa shape index (κ2) is 4.09. The molecule has 0 spiro atoms.